The highest BCUT2D eigenvalue weighted by molar-refractivity contribution is 8.00. The van der Waals surface area contributed by atoms with Crippen molar-refractivity contribution in [3.63, 3.8) is 0 Å². The number of imide groups is 1. The summed E-state index contributed by atoms with van der Waals surface area (Å²) in [4.78, 5) is 52.2. The minimum absolute atomic E-state index is 0.0596. The molecule has 0 spiro atoms. The first-order chi connectivity index (χ1) is 17.4. The van der Waals surface area contributed by atoms with E-state index >= 15 is 0 Å². The molecule has 0 aromatic heterocycles. The monoisotopic (exact) mass is 504 g/mol. The number of amides is 2. The molecule has 1 atom stereocenters. The number of hydrogen-bond donors (Lipinski definition) is 1. The van der Waals surface area contributed by atoms with E-state index in [1.165, 1.54) is 42.1 Å². The van der Waals surface area contributed by atoms with Crippen molar-refractivity contribution in [2.45, 2.75) is 16.6 Å². The van der Waals surface area contributed by atoms with E-state index < -0.39 is 23.6 Å². The summed E-state index contributed by atoms with van der Waals surface area (Å²) in [6, 6.07) is 17.7. The second-order valence-corrected chi connectivity index (χ2v) is 9.34. The highest BCUT2D eigenvalue weighted by Gasteiger charge is 2.40. The first-order valence-electron chi connectivity index (χ1n) is 11.0. The molecule has 2 aliphatic rings. The Morgan fingerprint density at radius 2 is 1.72 bits per heavy atom. The van der Waals surface area contributed by atoms with Crippen LogP contribution in [0, 0.1) is 0 Å². The lowest BCUT2D eigenvalue weighted by atomic mass is 10.1. The number of hydrogen-bond acceptors (Lipinski definition) is 9. The van der Waals surface area contributed by atoms with Crippen molar-refractivity contribution >= 4 is 46.7 Å². The van der Waals surface area contributed by atoms with Gasteiger partial charge in [-0.3, -0.25) is 14.4 Å². The number of anilines is 2. The van der Waals surface area contributed by atoms with Crippen LogP contribution >= 0.6 is 11.8 Å². The third-order valence-corrected chi connectivity index (χ3v) is 6.81. The zero-order chi connectivity index (χ0) is 25.2. The Labute approximate surface area is 210 Å². The Morgan fingerprint density at radius 1 is 0.972 bits per heavy atom. The van der Waals surface area contributed by atoms with Gasteiger partial charge in [0.1, 0.15) is 0 Å². The first kappa shape index (κ1) is 23.4. The van der Waals surface area contributed by atoms with Gasteiger partial charge in [0.05, 0.1) is 16.5 Å². The van der Waals surface area contributed by atoms with Crippen LogP contribution in [0.3, 0.4) is 0 Å². The van der Waals surface area contributed by atoms with Crippen molar-refractivity contribution in [2.24, 2.45) is 0 Å². The lowest BCUT2D eigenvalue weighted by molar-refractivity contribution is -0.121. The fourth-order valence-electron chi connectivity index (χ4n) is 3.83. The molecule has 36 heavy (non-hydrogen) atoms. The van der Waals surface area contributed by atoms with Crippen molar-refractivity contribution in [3.05, 3.63) is 77.9 Å². The van der Waals surface area contributed by atoms with E-state index in [4.69, 9.17) is 19.9 Å². The number of fused-ring (bicyclic) bond motifs is 1. The van der Waals surface area contributed by atoms with E-state index in [1.54, 1.807) is 30.3 Å². The maximum atomic E-state index is 12.9. The SMILES string of the molecule is Nc1cccc(S[C@H]2CC(=O)N(c3ccc(C(=O)OCC(=O)c4ccc5c(c4)OCO5)cc3)C2=O)c1. The number of benzene rings is 3. The van der Waals surface area contributed by atoms with Crippen LogP contribution in [0.4, 0.5) is 11.4 Å². The van der Waals surface area contributed by atoms with Crippen molar-refractivity contribution in [1.82, 2.24) is 0 Å². The van der Waals surface area contributed by atoms with Gasteiger partial charge in [0.2, 0.25) is 18.6 Å². The maximum absolute atomic E-state index is 12.9. The van der Waals surface area contributed by atoms with E-state index in [2.05, 4.69) is 0 Å². The Kier molecular flexibility index (Phi) is 6.34. The van der Waals surface area contributed by atoms with Crippen molar-refractivity contribution in [2.75, 3.05) is 24.0 Å². The zero-order valence-corrected chi connectivity index (χ0v) is 19.7. The minimum Gasteiger partial charge on any atom is -0.454 e. The molecule has 2 aliphatic heterocycles. The molecule has 0 unspecified atom stereocenters. The topological polar surface area (TPSA) is 125 Å². The van der Waals surface area contributed by atoms with E-state index in [0.717, 1.165) is 9.80 Å². The molecule has 1 saturated heterocycles. The molecule has 3 aromatic carbocycles. The number of nitrogens with two attached hydrogens (primary N) is 1. The normalized spacial score (nSPS) is 16.3. The van der Waals surface area contributed by atoms with Crippen molar-refractivity contribution < 1.29 is 33.4 Å². The van der Waals surface area contributed by atoms with Gasteiger partial charge in [-0.2, -0.15) is 0 Å². The van der Waals surface area contributed by atoms with Gasteiger partial charge in [-0.15, -0.1) is 11.8 Å². The predicted molar refractivity (Wildman–Crippen MR) is 131 cm³/mol. The molecule has 0 saturated carbocycles. The summed E-state index contributed by atoms with van der Waals surface area (Å²) in [6.45, 7) is -0.361. The third kappa shape index (κ3) is 4.76. The van der Waals surface area contributed by atoms with Gasteiger partial charge in [0.15, 0.2) is 23.9 Å². The number of nitrogens with zero attached hydrogens (tertiary/aromatic N) is 1. The average molecular weight is 505 g/mol. The fourth-order valence-corrected chi connectivity index (χ4v) is 4.96. The standard InChI is InChI=1S/C26H20N2O7S/c27-17-2-1-3-19(11-17)36-23-12-24(30)28(25(23)31)18-7-4-15(5-8-18)26(32)33-13-20(29)16-6-9-21-22(10-16)35-14-34-21/h1-11,23H,12-14,27H2/t23-/m0/s1. The molecule has 2 amide bonds. The molecule has 10 heteroatoms. The third-order valence-electron chi connectivity index (χ3n) is 5.63. The van der Waals surface area contributed by atoms with E-state index in [9.17, 15) is 19.2 Å². The van der Waals surface area contributed by atoms with Gasteiger partial charge in [-0.25, -0.2) is 9.69 Å². The zero-order valence-electron chi connectivity index (χ0n) is 18.8. The molecule has 9 nitrogen and oxygen atoms in total. The van der Waals surface area contributed by atoms with E-state index in [1.807, 2.05) is 6.07 Å². The number of Topliss-reactive ketones (excluding diaryl/α,β-unsaturated/α-hetero) is 1. The molecule has 0 aliphatic carbocycles. The second-order valence-electron chi connectivity index (χ2n) is 8.06. The number of nitrogen functional groups attached to an aromatic ring is 1. The predicted octanol–water partition coefficient (Wildman–Crippen LogP) is 3.46. The number of carbonyl (C=O) groups is 4. The average Bonchev–Trinajstić information content (AvgIpc) is 3.45. The number of carbonyl (C=O) groups excluding carboxylic acids is 4. The molecule has 0 bridgehead atoms. The maximum Gasteiger partial charge on any atom is 0.338 e. The molecule has 2 N–H and O–H groups in total. The lowest BCUT2D eigenvalue weighted by Crippen LogP contribution is -2.31. The van der Waals surface area contributed by atoms with Gasteiger partial charge >= 0.3 is 5.97 Å². The summed E-state index contributed by atoms with van der Waals surface area (Å²) in [6.07, 6.45) is 0.0596. The van der Waals surface area contributed by atoms with Crippen LogP contribution in [0.15, 0.2) is 71.6 Å². The van der Waals surface area contributed by atoms with Crippen LogP contribution in [0.2, 0.25) is 0 Å². The Balaban J connectivity index is 1.20. The van der Waals surface area contributed by atoms with Gasteiger partial charge in [0, 0.05) is 22.6 Å². The van der Waals surface area contributed by atoms with Gasteiger partial charge in [-0.05, 0) is 60.7 Å². The van der Waals surface area contributed by atoms with Crippen LogP contribution in [0.25, 0.3) is 0 Å². The molecule has 1 fully saturated rings. The summed E-state index contributed by atoms with van der Waals surface area (Å²) < 4.78 is 15.6. The molecule has 5 rings (SSSR count). The smallest absolute Gasteiger partial charge is 0.338 e. The minimum atomic E-state index is -0.704. The molecular formula is C26H20N2O7S. The number of esters is 1. The molecule has 0 radical (unpaired) electrons. The van der Waals surface area contributed by atoms with Crippen LogP contribution in [-0.4, -0.2) is 42.2 Å². The Hall–Kier alpha value is -4.31. The number of ketones is 1. The number of thioether (sulfide) groups is 1. The fraction of sp³-hybridized carbons (Fsp3) is 0.154. The largest absolute Gasteiger partial charge is 0.454 e. The van der Waals surface area contributed by atoms with E-state index in [0.29, 0.717) is 28.4 Å². The van der Waals surface area contributed by atoms with Gasteiger partial charge < -0.3 is 19.9 Å². The van der Waals surface area contributed by atoms with Crippen LogP contribution in [0.5, 0.6) is 11.5 Å². The summed E-state index contributed by atoms with van der Waals surface area (Å²) >= 11 is 1.28. The Bertz CT molecular complexity index is 1370. The summed E-state index contributed by atoms with van der Waals surface area (Å²) in [5.41, 5.74) is 7.24. The highest BCUT2D eigenvalue weighted by Crippen LogP contribution is 2.35. The van der Waals surface area contributed by atoms with E-state index in [-0.39, 0.29) is 30.6 Å². The van der Waals surface area contributed by atoms with Crippen LogP contribution in [0.1, 0.15) is 27.1 Å². The molecule has 3 aromatic rings. The van der Waals surface area contributed by atoms with Gasteiger partial charge in [0.25, 0.3) is 0 Å². The van der Waals surface area contributed by atoms with Crippen LogP contribution in [-0.2, 0) is 14.3 Å². The number of ether oxygens (including phenoxy) is 3. The van der Waals surface area contributed by atoms with Crippen molar-refractivity contribution in [1.29, 1.82) is 0 Å². The quantitative estimate of drug-likeness (QED) is 0.223. The number of rotatable bonds is 7. The van der Waals surface area contributed by atoms with Gasteiger partial charge in [-0.1, -0.05) is 6.07 Å². The molecule has 182 valence electrons. The van der Waals surface area contributed by atoms with Crippen LogP contribution < -0.4 is 20.1 Å². The molecular weight excluding hydrogens is 484 g/mol. The Morgan fingerprint density at radius 3 is 2.50 bits per heavy atom. The highest BCUT2D eigenvalue weighted by atomic mass is 32.2. The lowest BCUT2D eigenvalue weighted by Gasteiger charge is -2.15. The summed E-state index contributed by atoms with van der Waals surface area (Å²) in [5.74, 6) is -0.751. The molecule has 2 heterocycles. The first-order valence-corrected chi connectivity index (χ1v) is 11.9. The second kappa shape index (κ2) is 9.74. The summed E-state index contributed by atoms with van der Waals surface area (Å²) in [7, 11) is 0. The van der Waals surface area contributed by atoms with Crippen molar-refractivity contribution in [3.8, 4) is 11.5 Å². The summed E-state index contributed by atoms with van der Waals surface area (Å²) in [5, 5.41) is -0.564.